The van der Waals surface area contributed by atoms with Gasteiger partial charge in [0.15, 0.2) is 5.82 Å². The van der Waals surface area contributed by atoms with Gasteiger partial charge < -0.3 is 14.0 Å². The molecule has 0 radical (unpaired) electrons. The van der Waals surface area contributed by atoms with Crippen molar-refractivity contribution in [2.75, 3.05) is 6.54 Å². The van der Waals surface area contributed by atoms with Crippen LogP contribution >= 0.6 is 0 Å². The van der Waals surface area contributed by atoms with Crippen LogP contribution in [0.25, 0.3) is 5.69 Å². The Kier molecular flexibility index (Phi) is 3.45. The second-order valence-electron chi connectivity index (χ2n) is 6.15. The Hall–Kier alpha value is -2.89. The highest BCUT2D eigenvalue weighted by atomic mass is 16.2. The van der Waals surface area contributed by atoms with Gasteiger partial charge in [-0.1, -0.05) is 11.6 Å². The molecule has 0 atom stereocenters. The smallest absolute Gasteiger partial charge is 0.256 e. The Labute approximate surface area is 140 Å². The third-order valence-electron chi connectivity index (χ3n) is 4.49. The van der Waals surface area contributed by atoms with Crippen molar-refractivity contribution in [3.8, 4) is 5.69 Å². The number of hydrogen-bond donors (Lipinski definition) is 0. The molecule has 0 N–H and O–H groups in total. The van der Waals surface area contributed by atoms with Gasteiger partial charge >= 0.3 is 0 Å². The first-order chi connectivity index (χ1) is 11.6. The number of benzene rings is 1. The molecule has 0 spiro atoms. The predicted octanol–water partition coefficient (Wildman–Crippen LogP) is 2.34. The van der Waals surface area contributed by atoms with E-state index in [-0.39, 0.29) is 5.91 Å². The van der Waals surface area contributed by atoms with Gasteiger partial charge in [-0.2, -0.15) is 0 Å². The van der Waals surface area contributed by atoms with Crippen molar-refractivity contribution < 1.29 is 4.79 Å². The van der Waals surface area contributed by atoms with Gasteiger partial charge in [-0.3, -0.25) is 4.79 Å². The maximum atomic E-state index is 13.1. The molecule has 1 amide bonds. The lowest BCUT2D eigenvalue weighted by Crippen LogP contribution is -2.39. The van der Waals surface area contributed by atoms with Gasteiger partial charge in [0.1, 0.15) is 5.82 Å². The maximum absolute atomic E-state index is 13.1. The van der Waals surface area contributed by atoms with Crippen LogP contribution in [0.5, 0.6) is 0 Å². The molecule has 0 fully saturated rings. The van der Waals surface area contributed by atoms with Crippen LogP contribution < -0.4 is 0 Å². The van der Waals surface area contributed by atoms with Gasteiger partial charge in [0.2, 0.25) is 0 Å². The summed E-state index contributed by atoms with van der Waals surface area (Å²) in [6, 6.07) is 9.91. The molecular formula is C18H19N5O. The summed E-state index contributed by atoms with van der Waals surface area (Å²) in [7, 11) is 0. The average Bonchev–Trinajstić information content (AvgIpc) is 3.24. The Morgan fingerprint density at radius 2 is 1.88 bits per heavy atom. The van der Waals surface area contributed by atoms with Crippen LogP contribution in [0.1, 0.15) is 27.6 Å². The summed E-state index contributed by atoms with van der Waals surface area (Å²) in [6.45, 7) is 5.86. The third kappa shape index (κ3) is 2.40. The standard InChI is InChI=1S/C18H19N5O/c1-13-5-6-16(21-7-3-4-8-21)15(11-13)18(24)22-9-10-23-14(2)19-20-17(23)12-22/h3-8,11H,9-10,12H2,1-2H3. The average molecular weight is 321 g/mol. The van der Waals surface area contributed by atoms with Gasteiger partial charge in [-0.05, 0) is 38.1 Å². The van der Waals surface area contributed by atoms with Crippen LogP contribution in [0.3, 0.4) is 0 Å². The predicted molar refractivity (Wildman–Crippen MR) is 90.0 cm³/mol. The van der Waals surface area contributed by atoms with E-state index < -0.39 is 0 Å². The third-order valence-corrected chi connectivity index (χ3v) is 4.49. The van der Waals surface area contributed by atoms with E-state index in [1.807, 2.05) is 66.0 Å². The summed E-state index contributed by atoms with van der Waals surface area (Å²) in [5, 5.41) is 8.29. The number of aryl methyl sites for hydroxylation is 2. The molecule has 6 heteroatoms. The van der Waals surface area contributed by atoms with E-state index in [1.165, 1.54) is 0 Å². The molecule has 0 unspecified atom stereocenters. The fourth-order valence-electron chi connectivity index (χ4n) is 3.19. The first-order valence-electron chi connectivity index (χ1n) is 8.05. The minimum atomic E-state index is 0.0364. The Balaban J connectivity index is 1.69. The maximum Gasteiger partial charge on any atom is 0.256 e. The van der Waals surface area contributed by atoms with Gasteiger partial charge in [0, 0.05) is 25.5 Å². The number of fused-ring (bicyclic) bond motifs is 1. The highest BCUT2D eigenvalue weighted by Gasteiger charge is 2.26. The Morgan fingerprint density at radius 3 is 2.67 bits per heavy atom. The molecule has 3 aromatic rings. The number of hydrogen-bond acceptors (Lipinski definition) is 3. The second kappa shape index (κ2) is 5.63. The molecule has 2 aromatic heterocycles. The Morgan fingerprint density at radius 1 is 1.08 bits per heavy atom. The van der Waals surface area contributed by atoms with E-state index in [1.54, 1.807) is 0 Å². The first-order valence-corrected chi connectivity index (χ1v) is 8.05. The van der Waals surface area contributed by atoms with Crippen molar-refractivity contribution in [3.63, 3.8) is 0 Å². The highest BCUT2D eigenvalue weighted by Crippen LogP contribution is 2.21. The molecule has 1 aliphatic rings. The molecule has 0 saturated heterocycles. The summed E-state index contributed by atoms with van der Waals surface area (Å²) in [5.74, 6) is 1.79. The van der Waals surface area contributed by atoms with Crippen molar-refractivity contribution >= 4 is 5.91 Å². The zero-order valence-electron chi connectivity index (χ0n) is 13.8. The monoisotopic (exact) mass is 321 g/mol. The normalized spacial score (nSPS) is 13.8. The lowest BCUT2D eigenvalue weighted by atomic mass is 10.1. The summed E-state index contributed by atoms with van der Waals surface area (Å²) >= 11 is 0. The second-order valence-corrected chi connectivity index (χ2v) is 6.15. The van der Waals surface area contributed by atoms with E-state index in [2.05, 4.69) is 14.8 Å². The van der Waals surface area contributed by atoms with Gasteiger partial charge in [0.05, 0.1) is 17.8 Å². The molecule has 6 nitrogen and oxygen atoms in total. The van der Waals surface area contributed by atoms with Crippen molar-refractivity contribution in [2.24, 2.45) is 0 Å². The molecular weight excluding hydrogens is 302 g/mol. The number of nitrogens with zero attached hydrogens (tertiary/aromatic N) is 5. The fourth-order valence-corrected chi connectivity index (χ4v) is 3.19. The SMILES string of the molecule is Cc1ccc(-n2cccc2)c(C(=O)N2CCn3c(C)nnc3C2)c1. The van der Waals surface area contributed by atoms with E-state index in [0.29, 0.717) is 13.1 Å². The molecule has 4 rings (SSSR count). The zero-order chi connectivity index (χ0) is 16.7. The van der Waals surface area contributed by atoms with Crippen molar-refractivity contribution in [2.45, 2.75) is 26.9 Å². The van der Waals surface area contributed by atoms with Gasteiger partial charge in [0.25, 0.3) is 5.91 Å². The van der Waals surface area contributed by atoms with E-state index in [4.69, 9.17) is 0 Å². The number of carbonyl (C=O) groups excluding carboxylic acids is 1. The van der Waals surface area contributed by atoms with Crippen LogP contribution in [-0.4, -0.2) is 36.7 Å². The summed E-state index contributed by atoms with van der Waals surface area (Å²) in [6.07, 6.45) is 3.91. The van der Waals surface area contributed by atoms with Gasteiger partial charge in [-0.15, -0.1) is 10.2 Å². The minimum Gasteiger partial charge on any atom is -0.329 e. The lowest BCUT2D eigenvalue weighted by molar-refractivity contribution is 0.0706. The van der Waals surface area contributed by atoms with E-state index in [0.717, 1.165) is 35.0 Å². The van der Waals surface area contributed by atoms with Crippen molar-refractivity contribution in [3.05, 3.63) is 65.5 Å². The van der Waals surface area contributed by atoms with Crippen LogP contribution in [0.2, 0.25) is 0 Å². The number of aromatic nitrogens is 4. The fraction of sp³-hybridized carbons (Fsp3) is 0.278. The molecule has 0 saturated carbocycles. The van der Waals surface area contributed by atoms with Crippen molar-refractivity contribution in [1.29, 1.82) is 0 Å². The molecule has 3 heterocycles. The number of rotatable bonds is 2. The molecule has 0 aliphatic carbocycles. The number of carbonyl (C=O) groups is 1. The van der Waals surface area contributed by atoms with Crippen molar-refractivity contribution in [1.82, 2.24) is 24.2 Å². The molecule has 1 aromatic carbocycles. The van der Waals surface area contributed by atoms with Crippen LogP contribution in [0.4, 0.5) is 0 Å². The molecule has 122 valence electrons. The van der Waals surface area contributed by atoms with Crippen LogP contribution in [-0.2, 0) is 13.1 Å². The summed E-state index contributed by atoms with van der Waals surface area (Å²) in [4.78, 5) is 15.0. The topological polar surface area (TPSA) is 56.0 Å². The zero-order valence-corrected chi connectivity index (χ0v) is 13.8. The lowest BCUT2D eigenvalue weighted by Gasteiger charge is -2.28. The van der Waals surface area contributed by atoms with E-state index >= 15 is 0 Å². The summed E-state index contributed by atoms with van der Waals surface area (Å²) in [5.41, 5.74) is 2.69. The first kappa shape index (κ1) is 14.7. The molecule has 24 heavy (non-hydrogen) atoms. The molecule has 0 bridgehead atoms. The van der Waals surface area contributed by atoms with Gasteiger partial charge in [-0.25, -0.2) is 0 Å². The van der Waals surface area contributed by atoms with Crippen LogP contribution in [0, 0.1) is 13.8 Å². The largest absolute Gasteiger partial charge is 0.329 e. The summed E-state index contributed by atoms with van der Waals surface area (Å²) < 4.78 is 4.05. The minimum absolute atomic E-state index is 0.0364. The highest BCUT2D eigenvalue weighted by molar-refractivity contribution is 5.98. The number of amides is 1. The Bertz CT molecular complexity index is 894. The van der Waals surface area contributed by atoms with E-state index in [9.17, 15) is 4.79 Å². The quantitative estimate of drug-likeness (QED) is 0.728. The van der Waals surface area contributed by atoms with Crippen LogP contribution in [0.15, 0.2) is 42.7 Å². The molecule has 1 aliphatic heterocycles.